The minimum Gasteiger partial charge on any atom is -0.198 e. The van der Waals surface area contributed by atoms with Crippen LogP contribution in [0.4, 0.5) is 0 Å². The van der Waals surface area contributed by atoms with Gasteiger partial charge in [-0.3, -0.25) is 0 Å². The molecule has 0 heterocycles. The van der Waals surface area contributed by atoms with Crippen LogP contribution in [0.1, 0.15) is 33.6 Å². The summed E-state index contributed by atoms with van der Waals surface area (Å²) in [5.74, 6) is 0. The van der Waals surface area contributed by atoms with Crippen LogP contribution in [0.3, 0.4) is 0 Å². The Morgan fingerprint density at radius 2 is 1.89 bits per heavy atom. The second-order valence-corrected chi connectivity index (χ2v) is 2.25. The van der Waals surface area contributed by atoms with Crippen molar-refractivity contribution in [3.8, 4) is 6.07 Å². The van der Waals surface area contributed by atoms with Crippen molar-refractivity contribution in [2.45, 2.75) is 33.6 Å². The lowest BCUT2D eigenvalue weighted by Crippen LogP contribution is -1.80. The molecule has 9 heavy (non-hydrogen) atoms. The fraction of sp³-hybridized carbons (Fsp3) is 0.625. The highest BCUT2D eigenvalue weighted by Gasteiger charge is 1.91. The van der Waals surface area contributed by atoms with Gasteiger partial charge in [-0.05, 0) is 20.3 Å². The number of allylic oxidation sites excluding steroid dienone is 2. The van der Waals surface area contributed by atoms with Crippen LogP contribution in [0, 0.1) is 11.3 Å². The predicted molar refractivity (Wildman–Crippen MR) is 38.9 cm³/mol. The van der Waals surface area contributed by atoms with Gasteiger partial charge in [0.25, 0.3) is 0 Å². The van der Waals surface area contributed by atoms with Crippen molar-refractivity contribution in [1.82, 2.24) is 0 Å². The fourth-order valence-electron chi connectivity index (χ4n) is 0.571. The summed E-state index contributed by atoms with van der Waals surface area (Å²) in [7, 11) is 0. The number of nitrogens with zero attached hydrogens (tertiary/aromatic N) is 1. The molecule has 0 unspecified atom stereocenters. The lowest BCUT2D eigenvalue weighted by atomic mass is 10.1. The van der Waals surface area contributed by atoms with E-state index in [1.807, 2.05) is 6.92 Å². The molecule has 0 aliphatic heterocycles. The van der Waals surface area contributed by atoms with E-state index in [0.29, 0.717) is 6.42 Å². The third kappa shape index (κ3) is 2.92. The molecule has 50 valence electrons. The van der Waals surface area contributed by atoms with Crippen molar-refractivity contribution in [2.75, 3.05) is 0 Å². The molecule has 0 aromatic heterocycles. The van der Waals surface area contributed by atoms with Crippen LogP contribution >= 0.6 is 0 Å². The van der Waals surface area contributed by atoms with Crippen LogP contribution in [-0.4, -0.2) is 0 Å². The van der Waals surface area contributed by atoms with E-state index in [0.717, 1.165) is 6.42 Å². The Morgan fingerprint density at radius 1 is 1.33 bits per heavy atom. The van der Waals surface area contributed by atoms with Crippen LogP contribution < -0.4 is 0 Å². The molecule has 0 aromatic rings. The fourth-order valence-corrected chi connectivity index (χ4v) is 0.571. The number of hydrogen-bond donors (Lipinski definition) is 0. The summed E-state index contributed by atoms with van der Waals surface area (Å²) in [6, 6.07) is 2.12. The lowest BCUT2D eigenvalue weighted by molar-refractivity contribution is 1.02. The molecule has 0 spiro atoms. The van der Waals surface area contributed by atoms with Crippen LogP contribution in [0.15, 0.2) is 11.1 Å². The maximum Gasteiger partial charge on any atom is 0.0666 e. The van der Waals surface area contributed by atoms with E-state index in [9.17, 15) is 0 Å². The van der Waals surface area contributed by atoms with E-state index in [1.165, 1.54) is 11.1 Å². The molecule has 0 radical (unpaired) electrons. The Morgan fingerprint density at radius 3 is 2.22 bits per heavy atom. The van der Waals surface area contributed by atoms with Crippen LogP contribution in [0.2, 0.25) is 0 Å². The molecular weight excluding hydrogens is 110 g/mol. The van der Waals surface area contributed by atoms with Crippen LogP contribution in [0.25, 0.3) is 0 Å². The van der Waals surface area contributed by atoms with Gasteiger partial charge in [-0.15, -0.1) is 0 Å². The van der Waals surface area contributed by atoms with E-state index in [2.05, 4.69) is 19.9 Å². The predicted octanol–water partition coefficient (Wildman–Crippen LogP) is 2.65. The van der Waals surface area contributed by atoms with E-state index in [4.69, 9.17) is 5.26 Å². The number of hydrogen-bond acceptors (Lipinski definition) is 1. The maximum absolute atomic E-state index is 8.30. The summed E-state index contributed by atoms with van der Waals surface area (Å²) in [5.41, 5.74) is 2.57. The molecule has 0 fully saturated rings. The highest BCUT2D eigenvalue weighted by Crippen LogP contribution is 2.09. The zero-order valence-electron chi connectivity index (χ0n) is 6.36. The molecule has 0 aliphatic carbocycles. The Balaban J connectivity index is 3.97. The highest BCUT2D eigenvalue weighted by molar-refractivity contribution is 5.12. The molecule has 0 saturated heterocycles. The summed E-state index contributed by atoms with van der Waals surface area (Å²) in [6.45, 7) is 6.20. The first-order chi connectivity index (χ1) is 4.22. The third-order valence-corrected chi connectivity index (χ3v) is 1.60. The van der Waals surface area contributed by atoms with Crippen molar-refractivity contribution in [2.24, 2.45) is 0 Å². The maximum atomic E-state index is 8.30. The molecule has 0 atom stereocenters. The first-order valence-electron chi connectivity index (χ1n) is 3.24. The summed E-state index contributed by atoms with van der Waals surface area (Å²) < 4.78 is 0. The first-order valence-corrected chi connectivity index (χ1v) is 3.24. The van der Waals surface area contributed by atoms with Gasteiger partial charge in [0, 0.05) is 0 Å². The topological polar surface area (TPSA) is 23.8 Å². The summed E-state index contributed by atoms with van der Waals surface area (Å²) in [6.07, 6.45) is 1.65. The van der Waals surface area contributed by atoms with Crippen molar-refractivity contribution < 1.29 is 0 Å². The minimum atomic E-state index is 0.583. The number of rotatable bonds is 2. The monoisotopic (exact) mass is 123 g/mol. The van der Waals surface area contributed by atoms with Gasteiger partial charge in [0.05, 0.1) is 12.5 Å². The van der Waals surface area contributed by atoms with Crippen LogP contribution in [0.5, 0.6) is 0 Å². The molecule has 0 aliphatic rings. The largest absolute Gasteiger partial charge is 0.198 e. The minimum absolute atomic E-state index is 0.583. The SMILES string of the molecule is CC/C(C)=C(\C)CC#N. The molecule has 0 amide bonds. The van der Waals surface area contributed by atoms with Gasteiger partial charge < -0.3 is 0 Å². The zero-order chi connectivity index (χ0) is 7.28. The standard InChI is InChI=1S/C8H13N/c1-4-7(2)8(3)5-6-9/h4-5H2,1-3H3/b8-7+. The summed E-state index contributed by atoms with van der Waals surface area (Å²) >= 11 is 0. The van der Waals surface area contributed by atoms with Gasteiger partial charge in [0.2, 0.25) is 0 Å². The Hall–Kier alpha value is -0.770. The van der Waals surface area contributed by atoms with E-state index in [1.54, 1.807) is 0 Å². The normalized spacial score (nSPS) is 12.2. The molecule has 1 heteroatoms. The lowest BCUT2D eigenvalue weighted by Gasteiger charge is -1.98. The molecule has 0 saturated carbocycles. The van der Waals surface area contributed by atoms with Crippen LogP contribution in [-0.2, 0) is 0 Å². The van der Waals surface area contributed by atoms with Gasteiger partial charge in [-0.2, -0.15) is 5.26 Å². The summed E-state index contributed by atoms with van der Waals surface area (Å²) in [5, 5.41) is 8.30. The Labute approximate surface area is 57.0 Å². The number of nitriles is 1. The van der Waals surface area contributed by atoms with Gasteiger partial charge in [-0.1, -0.05) is 18.1 Å². The molecular formula is C8H13N. The second kappa shape index (κ2) is 4.14. The Kier molecular flexibility index (Phi) is 3.79. The van der Waals surface area contributed by atoms with Gasteiger partial charge in [0.1, 0.15) is 0 Å². The van der Waals surface area contributed by atoms with Crippen molar-refractivity contribution in [3.63, 3.8) is 0 Å². The quantitative estimate of drug-likeness (QED) is 0.518. The molecule has 0 rings (SSSR count). The summed E-state index contributed by atoms with van der Waals surface area (Å²) in [4.78, 5) is 0. The van der Waals surface area contributed by atoms with E-state index < -0.39 is 0 Å². The zero-order valence-corrected chi connectivity index (χ0v) is 6.36. The third-order valence-electron chi connectivity index (χ3n) is 1.60. The van der Waals surface area contributed by atoms with Crippen molar-refractivity contribution in [3.05, 3.63) is 11.1 Å². The average molecular weight is 123 g/mol. The van der Waals surface area contributed by atoms with Gasteiger partial charge in [0.15, 0.2) is 0 Å². The second-order valence-electron chi connectivity index (χ2n) is 2.25. The van der Waals surface area contributed by atoms with E-state index in [-0.39, 0.29) is 0 Å². The van der Waals surface area contributed by atoms with Gasteiger partial charge >= 0.3 is 0 Å². The molecule has 0 aromatic carbocycles. The smallest absolute Gasteiger partial charge is 0.0666 e. The Bertz CT molecular complexity index is 148. The van der Waals surface area contributed by atoms with Crippen molar-refractivity contribution >= 4 is 0 Å². The highest BCUT2D eigenvalue weighted by atomic mass is 14.2. The molecule has 0 bridgehead atoms. The van der Waals surface area contributed by atoms with E-state index >= 15 is 0 Å². The first kappa shape index (κ1) is 8.23. The average Bonchev–Trinajstić information content (AvgIpc) is 1.87. The molecule has 0 N–H and O–H groups in total. The van der Waals surface area contributed by atoms with Gasteiger partial charge in [-0.25, -0.2) is 0 Å². The molecule has 1 nitrogen and oxygen atoms in total. The van der Waals surface area contributed by atoms with Crippen molar-refractivity contribution in [1.29, 1.82) is 5.26 Å².